The highest BCUT2D eigenvalue weighted by molar-refractivity contribution is 7.94. The highest BCUT2D eigenvalue weighted by atomic mass is 32.2. The lowest BCUT2D eigenvalue weighted by molar-refractivity contribution is -0.169. The highest BCUT2D eigenvalue weighted by Crippen LogP contribution is 2.45. The molecule has 0 saturated carbocycles. The maximum absolute atomic E-state index is 12.4. The molecule has 0 aromatic heterocycles. The smallest absolute Gasteiger partial charge is 0.438 e. The van der Waals surface area contributed by atoms with E-state index in [1.54, 1.807) is 0 Å². The van der Waals surface area contributed by atoms with Crippen LogP contribution in [-0.4, -0.2) is 67.5 Å². The normalized spacial score (nSPS) is 31.0. The minimum atomic E-state index is -3.84. The second-order valence-electron chi connectivity index (χ2n) is 5.39. The van der Waals surface area contributed by atoms with E-state index in [1.165, 1.54) is 13.8 Å². The second-order valence-corrected chi connectivity index (χ2v) is 8.02. The number of esters is 1. The van der Waals surface area contributed by atoms with E-state index in [4.69, 9.17) is 10.5 Å². The van der Waals surface area contributed by atoms with Crippen LogP contribution in [0.5, 0.6) is 0 Å². The minimum absolute atomic E-state index is 0.644. The molecule has 11 heteroatoms. The third-order valence-corrected chi connectivity index (χ3v) is 6.72. The maximum Gasteiger partial charge on any atom is 0.510 e. The molecular formula is C11H16N2O8S. The molecule has 1 amide bonds. The summed E-state index contributed by atoms with van der Waals surface area (Å²) in [4.78, 5) is 35.6. The zero-order valence-electron chi connectivity index (χ0n) is 12.1. The van der Waals surface area contributed by atoms with Crippen LogP contribution in [0.25, 0.3) is 0 Å². The van der Waals surface area contributed by atoms with Crippen LogP contribution in [0.3, 0.4) is 0 Å². The van der Waals surface area contributed by atoms with Crippen molar-refractivity contribution in [2.45, 2.75) is 36.1 Å². The lowest BCUT2D eigenvalue weighted by Crippen LogP contribution is -2.70. The lowest BCUT2D eigenvalue weighted by Gasteiger charge is -2.40. The van der Waals surface area contributed by atoms with Crippen molar-refractivity contribution in [1.82, 2.24) is 4.90 Å². The van der Waals surface area contributed by atoms with Gasteiger partial charge in [-0.1, -0.05) is 0 Å². The van der Waals surface area contributed by atoms with E-state index >= 15 is 0 Å². The number of amides is 1. The fraction of sp³-hybridized carbons (Fsp3) is 0.727. The molecule has 2 rings (SSSR count). The molecule has 0 unspecified atom stereocenters. The summed E-state index contributed by atoms with van der Waals surface area (Å²) in [5.41, 5.74) is 5.52. The first-order valence-electron chi connectivity index (χ1n) is 6.26. The van der Waals surface area contributed by atoms with E-state index in [0.717, 1.165) is 12.0 Å². The van der Waals surface area contributed by atoms with Crippen LogP contribution in [0.1, 0.15) is 13.8 Å². The van der Waals surface area contributed by atoms with Gasteiger partial charge >= 0.3 is 12.1 Å². The van der Waals surface area contributed by atoms with Crippen LogP contribution in [0.4, 0.5) is 4.79 Å². The number of β-lactam (4-membered cyclic amide) rings is 1. The van der Waals surface area contributed by atoms with Crippen molar-refractivity contribution < 1.29 is 37.0 Å². The van der Waals surface area contributed by atoms with Crippen molar-refractivity contribution in [3.05, 3.63) is 0 Å². The third kappa shape index (κ3) is 2.03. The van der Waals surface area contributed by atoms with E-state index in [1.807, 2.05) is 0 Å². The molecule has 2 heterocycles. The van der Waals surface area contributed by atoms with Gasteiger partial charge in [0.2, 0.25) is 12.7 Å². The molecule has 2 aliphatic heterocycles. The Labute approximate surface area is 126 Å². The summed E-state index contributed by atoms with van der Waals surface area (Å²) in [5.74, 6) is -1.64. The summed E-state index contributed by atoms with van der Waals surface area (Å²) < 4.78 is 36.5. The molecular weight excluding hydrogens is 320 g/mol. The van der Waals surface area contributed by atoms with Gasteiger partial charge in [-0.3, -0.25) is 4.79 Å². The Hall–Kier alpha value is -1.88. The van der Waals surface area contributed by atoms with E-state index in [0.29, 0.717) is 0 Å². The average molecular weight is 336 g/mol. The zero-order valence-corrected chi connectivity index (χ0v) is 13.0. The summed E-state index contributed by atoms with van der Waals surface area (Å²) in [7, 11) is -2.77. The fourth-order valence-electron chi connectivity index (χ4n) is 2.60. The number of sulfone groups is 1. The number of hydrogen-bond acceptors (Lipinski definition) is 9. The van der Waals surface area contributed by atoms with Crippen LogP contribution in [0.2, 0.25) is 0 Å². The Morgan fingerprint density at radius 1 is 1.32 bits per heavy atom. The van der Waals surface area contributed by atoms with E-state index in [2.05, 4.69) is 9.47 Å². The molecule has 2 fully saturated rings. The van der Waals surface area contributed by atoms with Crippen LogP contribution in [0, 0.1) is 0 Å². The van der Waals surface area contributed by atoms with E-state index in [-0.39, 0.29) is 0 Å². The Morgan fingerprint density at radius 3 is 2.45 bits per heavy atom. The van der Waals surface area contributed by atoms with Gasteiger partial charge < -0.3 is 24.8 Å². The van der Waals surface area contributed by atoms with E-state index < -0.39 is 56.9 Å². The van der Waals surface area contributed by atoms with Crippen molar-refractivity contribution in [2.75, 3.05) is 13.9 Å². The van der Waals surface area contributed by atoms with Crippen molar-refractivity contribution in [3.8, 4) is 0 Å². The van der Waals surface area contributed by atoms with Crippen molar-refractivity contribution in [2.24, 2.45) is 5.73 Å². The number of fused-ring (bicyclic) bond motifs is 1. The highest BCUT2D eigenvalue weighted by Gasteiger charge is 2.71. The van der Waals surface area contributed by atoms with Gasteiger partial charge in [-0.2, -0.15) is 0 Å². The van der Waals surface area contributed by atoms with Crippen molar-refractivity contribution >= 4 is 27.9 Å². The van der Waals surface area contributed by atoms with Crippen molar-refractivity contribution in [3.63, 3.8) is 0 Å². The molecule has 10 nitrogen and oxygen atoms in total. The molecule has 0 aromatic rings. The quantitative estimate of drug-likeness (QED) is 0.364. The zero-order chi connectivity index (χ0) is 16.9. The molecule has 2 N–H and O–H groups in total. The summed E-state index contributed by atoms with van der Waals surface area (Å²) in [6.07, 6.45) is -1.06. The molecule has 2 aliphatic rings. The van der Waals surface area contributed by atoms with Crippen LogP contribution >= 0.6 is 0 Å². The Bertz CT molecular complexity index is 628. The standard InChI is InChI=1S/C11H16N2O8S/c1-11(2)6(9(15)20-4-21-10(16)19-3)13-7(14)5(12)8(13)22(11,17)18/h5-6,8H,4,12H2,1-3H3/t5-,6+,8-/m1/s1. The predicted molar refractivity (Wildman–Crippen MR) is 69.8 cm³/mol. The SMILES string of the molecule is COC(=O)OCOC(=O)[C@@H]1N2C(=O)[C@@H](N)[C@H]2S(=O)(=O)C1(C)C. The minimum Gasteiger partial charge on any atom is -0.438 e. The Kier molecular flexibility index (Phi) is 3.81. The number of nitrogens with zero attached hydrogens (tertiary/aromatic N) is 1. The number of methoxy groups -OCH3 is 1. The molecule has 124 valence electrons. The number of hydrogen-bond donors (Lipinski definition) is 1. The van der Waals surface area contributed by atoms with Gasteiger partial charge in [0.1, 0.15) is 16.8 Å². The lowest BCUT2D eigenvalue weighted by atomic mass is 9.96. The molecule has 0 spiro atoms. The number of ether oxygens (including phenoxy) is 3. The molecule has 0 aliphatic carbocycles. The second kappa shape index (κ2) is 5.09. The van der Waals surface area contributed by atoms with Gasteiger partial charge in [0.05, 0.1) is 7.11 Å². The largest absolute Gasteiger partial charge is 0.510 e. The Morgan fingerprint density at radius 2 is 1.91 bits per heavy atom. The third-order valence-electron chi connectivity index (χ3n) is 3.88. The predicted octanol–water partition coefficient (Wildman–Crippen LogP) is -1.66. The number of rotatable bonds is 3. The number of nitrogens with two attached hydrogens (primary N) is 1. The summed E-state index contributed by atoms with van der Waals surface area (Å²) in [6, 6.07) is -2.54. The molecule has 0 aromatic carbocycles. The molecule has 0 bridgehead atoms. The monoisotopic (exact) mass is 336 g/mol. The topological polar surface area (TPSA) is 142 Å². The molecule has 22 heavy (non-hydrogen) atoms. The molecule has 2 saturated heterocycles. The Balaban J connectivity index is 2.18. The first kappa shape index (κ1) is 16.5. The van der Waals surface area contributed by atoms with Gasteiger partial charge in [-0.25, -0.2) is 18.0 Å². The van der Waals surface area contributed by atoms with Gasteiger partial charge in [-0.05, 0) is 13.8 Å². The van der Waals surface area contributed by atoms with E-state index in [9.17, 15) is 22.8 Å². The van der Waals surface area contributed by atoms with Crippen molar-refractivity contribution in [1.29, 1.82) is 0 Å². The first-order chi connectivity index (χ1) is 10.1. The van der Waals surface area contributed by atoms with Gasteiger partial charge in [0.25, 0.3) is 0 Å². The maximum atomic E-state index is 12.4. The van der Waals surface area contributed by atoms with Gasteiger partial charge in [0.15, 0.2) is 15.2 Å². The fourth-order valence-corrected chi connectivity index (χ4v) is 4.77. The van der Waals surface area contributed by atoms with Crippen LogP contribution < -0.4 is 5.73 Å². The summed E-state index contributed by atoms with van der Waals surface area (Å²) >= 11 is 0. The summed E-state index contributed by atoms with van der Waals surface area (Å²) in [6.45, 7) is 1.87. The average Bonchev–Trinajstić information content (AvgIpc) is 2.59. The first-order valence-corrected chi connectivity index (χ1v) is 7.80. The van der Waals surface area contributed by atoms with Crippen LogP contribution in [-0.2, 0) is 33.6 Å². The number of carbonyl (C=O) groups is 3. The van der Waals surface area contributed by atoms with Gasteiger partial charge in [-0.15, -0.1) is 0 Å². The van der Waals surface area contributed by atoms with Crippen LogP contribution in [0.15, 0.2) is 0 Å². The van der Waals surface area contributed by atoms with Gasteiger partial charge in [0, 0.05) is 0 Å². The summed E-state index contributed by atoms with van der Waals surface area (Å²) in [5, 5.41) is -1.24. The molecule has 0 radical (unpaired) electrons. The number of carbonyl (C=O) groups excluding carboxylic acids is 3. The molecule has 3 atom stereocenters.